The molecule has 0 fully saturated rings. The molecule has 5 nitrogen and oxygen atoms in total. The number of halogens is 1. The highest BCUT2D eigenvalue weighted by molar-refractivity contribution is 6.01. The fourth-order valence-corrected chi connectivity index (χ4v) is 3.26. The second-order valence-corrected chi connectivity index (χ2v) is 6.07. The van der Waals surface area contributed by atoms with E-state index >= 15 is 0 Å². The van der Waals surface area contributed by atoms with Crippen LogP contribution < -0.4 is 10.6 Å². The predicted molar refractivity (Wildman–Crippen MR) is 93.3 cm³/mol. The third-order valence-corrected chi connectivity index (χ3v) is 4.45. The molecule has 0 radical (unpaired) electrons. The van der Waals surface area contributed by atoms with Gasteiger partial charge in [0, 0.05) is 16.9 Å². The SMILES string of the molecule is Cc1nn(-c2ccc(F)cc2)c(C)c1C1NC(=O)c2ccccc2N1. The summed E-state index contributed by atoms with van der Waals surface area (Å²) in [5.74, 6) is -0.406. The van der Waals surface area contributed by atoms with Crippen LogP contribution in [0.25, 0.3) is 5.69 Å². The minimum absolute atomic E-state index is 0.118. The smallest absolute Gasteiger partial charge is 0.255 e. The Bertz CT molecular complexity index is 962. The van der Waals surface area contributed by atoms with E-state index in [-0.39, 0.29) is 17.9 Å². The molecule has 25 heavy (non-hydrogen) atoms. The van der Waals surface area contributed by atoms with Gasteiger partial charge in [-0.2, -0.15) is 5.10 Å². The van der Waals surface area contributed by atoms with E-state index in [0.29, 0.717) is 5.56 Å². The molecular formula is C19H17FN4O. The molecule has 3 aromatic rings. The molecule has 0 bridgehead atoms. The van der Waals surface area contributed by atoms with Crippen molar-refractivity contribution in [2.45, 2.75) is 20.0 Å². The summed E-state index contributed by atoms with van der Waals surface area (Å²) >= 11 is 0. The Hall–Kier alpha value is -3.15. The first-order valence-corrected chi connectivity index (χ1v) is 8.03. The number of nitrogens with one attached hydrogen (secondary N) is 2. The van der Waals surface area contributed by atoms with E-state index in [1.807, 2.05) is 32.0 Å². The zero-order valence-corrected chi connectivity index (χ0v) is 13.9. The summed E-state index contributed by atoms with van der Waals surface area (Å²) in [4.78, 5) is 12.4. The zero-order valence-electron chi connectivity index (χ0n) is 13.9. The van der Waals surface area contributed by atoms with Crippen molar-refractivity contribution < 1.29 is 9.18 Å². The Balaban J connectivity index is 1.75. The molecule has 2 N–H and O–H groups in total. The van der Waals surface area contributed by atoms with E-state index in [1.54, 1.807) is 22.9 Å². The van der Waals surface area contributed by atoms with E-state index < -0.39 is 0 Å². The van der Waals surface area contributed by atoms with Gasteiger partial charge in [-0.05, 0) is 50.2 Å². The lowest BCUT2D eigenvalue weighted by Crippen LogP contribution is -2.38. The lowest BCUT2D eigenvalue weighted by molar-refractivity contribution is 0.0935. The van der Waals surface area contributed by atoms with Crippen molar-refractivity contribution in [1.29, 1.82) is 0 Å². The zero-order chi connectivity index (χ0) is 17.6. The molecule has 1 aromatic heterocycles. The number of benzene rings is 2. The number of hydrogen-bond acceptors (Lipinski definition) is 3. The minimum atomic E-state index is -0.364. The van der Waals surface area contributed by atoms with Crippen LogP contribution in [0.5, 0.6) is 0 Å². The summed E-state index contributed by atoms with van der Waals surface area (Å²) in [5.41, 5.74) is 4.80. The maximum atomic E-state index is 13.2. The number of fused-ring (bicyclic) bond motifs is 1. The van der Waals surface area contributed by atoms with E-state index in [2.05, 4.69) is 15.7 Å². The van der Waals surface area contributed by atoms with Crippen molar-refractivity contribution in [2.75, 3.05) is 5.32 Å². The van der Waals surface area contributed by atoms with Crippen LogP contribution >= 0.6 is 0 Å². The molecule has 1 aliphatic heterocycles. The van der Waals surface area contributed by atoms with Crippen LogP contribution in [0, 0.1) is 19.7 Å². The first-order valence-electron chi connectivity index (χ1n) is 8.03. The number of rotatable bonds is 2. The molecule has 1 amide bonds. The van der Waals surface area contributed by atoms with Gasteiger partial charge in [0.1, 0.15) is 12.0 Å². The quantitative estimate of drug-likeness (QED) is 0.753. The average molecular weight is 336 g/mol. The number of aryl methyl sites for hydroxylation is 1. The number of nitrogens with zero attached hydrogens (tertiary/aromatic N) is 2. The average Bonchev–Trinajstić information content (AvgIpc) is 2.90. The molecule has 6 heteroatoms. The molecule has 4 rings (SSSR count). The number of amides is 1. The Morgan fingerprint density at radius 2 is 1.76 bits per heavy atom. The number of carbonyl (C=O) groups is 1. The van der Waals surface area contributed by atoms with Crippen molar-refractivity contribution in [2.24, 2.45) is 0 Å². The molecule has 0 aliphatic carbocycles. The summed E-state index contributed by atoms with van der Waals surface area (Å²) in [5, 5.41) is 10.9. The van der Waals surface area contributed by atoms with E-state index in [0.717, 1.165) is 28.3 Å². The molecule has 1 unspecified atom stereocenters. The first-order chi connectivity index (χ1) is 12.0. The predicted octanol–water partition coefficient (Wildman–Crippen LogP) is 3.48. The number of aromatic nitrogens is 2. The molecule has 0 saturated carbocycles. The van der Waals surface area contributed by atoms with Gasteiger partial charge in [0.25, 0.3) is 5.91 Å². The van der Waals surface area contributed by atoms with Crippen LogP contribution in [0.1, 0.15) is 33.5 Å². The Morgan fingerprint density at radius 3 is 2.52 bits per heavy atom. The van der Waals surface area contributed by atoms with E-state index in [4.69, 9.17) is 0 Å². The molecule has 126 valence electrons. The first kappa shape index (κ1) is 15.4. The third kappa shape index (κ3) is 2.55. The van der Waals surface area contributed by atoms with Crippen LogP contribution in [0.15, 0.2) is 48.5 Å². The van der Waals surface area contributed by atoms with Crippen LogP contribution in [0.3, 0.4) is 0 Å². The summed E-state index contributed by atoms with van der Waals surface area (Å²) in [7, 11) is 0. The van der Waals surface area contributed by atoms with Crippen LogP contribution in [0.2, 0.25) is 0 Å². The Labute approximate surface area is 144 Å². The van der Waals surface area contributed by atoms with Gasteiger partial charge in [0.2, 0.25) is 0 Å². The van der Waals surface area contributed by atoms with Gasteiger partial charge in [-0.3, -0.25) is 4.79 Å². The molecule has 0 saturated heterocycles. The van der Waals surface area contributed by atoms with Crippen LogP contribution in [0.4, 0.5) is 10.1 Å². The van der Waals surface area contributed by atoms with Crippen LogP contribution in [-0.2, 0) is 0 Å². The maximum absolute atomic E-state index is 13.2. The molecular weight excluding hydrogens is 319 g/mol. The van der Waals surface area contributed by atoms with Crippen molar-refractivity contribution in [1.82, 2.24) is 15.1 Å². The van der Waals surface area contributed by atoms with Gasteiger partial charge in [-0.15, -0.1) is 0 Å². The van der Waals surface area contributed by atoms with Gasteiger partial charge >= 0.3 is 0 Å². The summed E-state index contributed by atoms with van der Waals surface area (Å²) in [6.07, 6.45) is -0.364. The lowest BCUT2D eigenvalue weighted by Gasteiger charge is -2.28. The topological polar surface area (TPSA) is 59.0 Å². The number of anilines is 1. The highest BCUT2D eigenvalue weighted by atomic mass is 19.1. The monoisotopic (exact) mass is 336 g/mol. The highest BCUT2D eigenvalue weighted by Crippen LogP contribution is 2.30. The molecule has 2 aromatic carbocycles. The van der Waals surface area contributed by atoms with Gasteiger partial charge in [-0.25, -0.2) is 9.07 Å². The Morgan fingerprint density at radius 1 is 1.04 bits per heavy atom. The fraction of sp³-hybridized carbons (Fsp3) is 0.158. The van der Waals surface area contributed by atoms with Crippen molar-refractivity contribution >= 4 is 11.6 Å². The minimum Gasteiger partial charge on any atom is -0.361 e. The van der Waals surface area contributed by atoms with E-state index in [9.17, 15) is 9.18 Å². The number of hydrogen-bond donors (Lipinski definition) is 2. The van der Waals surface area contributed by atoms with E-state index in [1.165, 1.54) is 12.1 Å². The fourth-order valence-electron chi connectivity index (χ4n) is 3.26. The summed E-state index contributed by atoms with van der Waals surface area (Å²) in [6, 6.07) is 13.6. The third-order valence-electron chi connectivity index (χ3n) is 4.45. The maximum Gasteiger partial charge on any atom is 0.255 e. The second-order valence-electron chi connectivity index (χ2n) is 6.07. The normalized spacial score (nSPS) is 16.1. The standard InChI is InChI=1S/C19H17FN4O/c1-11-17(12(2)24(23-11)14-9-7-13(20)8-10-14)18-21-16-6-4-3-5-15(16)19(25)22-18/h3-10,18,21H,1-2H3,(H,22,25). The second kappa shape index (κ2) is 5.73. The molecule has 1 aliphatic rings. The largest absolute Gasteiger partial charge is 0.361 e. The van der Waals surface area contributed by atoms with Crippen molar-refractivity contribution in [3.05, 3.63) is 76.9 Å². The lowest BCUT2D eigenvalue weighted by atomic mass is 10.0. The van der Waals surface area contributed by atoms with Gasteiger partial charge in [0.15, 0.2) is 0 Å². The van der Waals surface area contributed by atoms with Crippen molar-refractivity contribution in [3.8, 4) is 5.69 Å². The molecule has 1 atom stereocenters. The van der Waals surface area contributed by atoms with Crippen molar-refractivity contribution in [3.63, 3.8) is 0 Å². The highest BCUT2D eigenvalue weighted by Gasteiger charge is 2.28. The molecule has 2 heterocycles. The number of carbonyl (C=O) groups excluding carboxylic acids is 1. The summed E-state index contributed by atoms with van der Waals surface area (Å²) in [6.45, 7) is 3.84. The van der Waals surface area contributed by atoms with Gasteiger partial charge in [0.05, 0.1) is 16.9 Å². The Kier molecular flexibility index (Phi) is 3.53. The van der Waals surface area contributed by atoms with Gasteiger partial charge in [-0.1, -0.05) is 12.1 Å². The van der Waals surface area contributed by atoms with Crippen LogP contribution in [-0.4, -0.2) is 15.7 Å². The van der Waals surface area contributed by atoms with Gasteiger partial charge < -0.3 is 10.6 Å². The molecule has 0 spiro atoms. The number of para-hydroxylation sites is 1. The summed E-state index contributed by atoms with van der Waals surface area (Å²) < 4.78 is 14.9.